The zero-order valence-electron chi connectivity index (χ0n) is 12.1. The Kier molecular flexibility index (Phi) is 4.14. The molecule has 120 valence electrons. The number of likely N-dealkylation sites (tertiary alicyclic amines) is 1. The number of nitrogens with one attached hydrogen (secondary N) is 1. The van der Waals surface area contributed by atoms with Crippen molar-refractivity contribution in [1.82, 2.24) is 9.88 Å². The second-order valence-corrected chi connectivity index (χ2v) is 5.92. The molecule has 1 aromatic heterocycles. The SMILES string of the molecule is O[C@H](CN1CCC(c2c[nH]c3ccccc23)CC1)C(F)(F)F. The molecule has 2 heterocycles. The molecule has 3 rings (SSSR count). The highest BCUT2D eigenvalue weighted by molar-refractivity contribution is 5.83. The molecule has 0 spiro atoms. The molecule has 0 bridgehead atoms. The van der Waals surface area contributed by atoms with Crippen LogP contribution in [-0.2, 0) is 0 Å². The van der Waals surface area contributed by atoms with Gasteiger partial charge in [0.15, 0.2) is 6.10 Å². The van der Waals surface area contributed by atoms with Gasteiger partial charge in [0, 0.05) is 23.6 Å². The fourth-order valence-electron chi connectivity index (χ4n) is 3.21. The third kappa shape index (κ3) is 3.13. The van der Waals surface area contributed by atoms with E-state index in [0.717, 1.165) is 18.4 Å². The molecule has 6 heteroatoms. The van der Waals surface area contributed by atoms with E-state index >= 15 is 0 Å². The number of fused-ring (bicyclic) bond motifs is 1. The molecule has 0 unspecified atom stereocenters. The number of aliphatic hydroxyl groups excluding tert-OH is 1. The number of benzene rings is 1. The van der Waals surface area contributed by atoms with Crippen LogP contribution in [0.5, 0.6) is 0 Å². The molecule has 1 atom stereocenters. The molecule has 0 amide bonds. The molecule has 1 aliphatic rings. The van der Waals surface area contributed by atoms with Crippen molar-refractivity contribution >= 4 is 10.9 Å². The smallest absolute Gasteiger partial charge is 0.382 e. The number of aliphatic hydroxyl groups is 1. The molecule has 2 aromatic rings. The Hall–Kier alpha value is -1.53. The topological polar surface area (TPSA) is 39.3 Å². The minimum absolute atomic E-state index is 0.329. The summed E-state index contributed by atoms with van der Waals surface area (Å²) in [4.78, 5) is 4.94. The van der Waals surface area contributed by atoms with Crippen LogP contribution >= 0.6 is 0 Å². The van der Waals surface area contributed by atoms with Crippen LogP contribution in [0.25, 0.3) is 10.9 Å². The minimum Gasteiger partial charge on any atom is -0.382 e. The summed E-state index contributed by atoms with van der Waals surface area (Å²) in [7, 11) is 0. The van der Waals surface area contributed by atoms with Gasteiger partial charge in [-0.2, -0.15) is 13.2 Å². The van der Waals surface area contributed by atoms with Gasteiger partial charge >= 0.3 is 6.18 Å². The Balaban J connectivity index is 1.62. The van der Waals surface area contributed by atoms with E-state index in [9.17, 15) is 13.2 Å². The average Bonchev–Trinajstić information content (AvgIpc) is 2.91. The Labute approximate surface area is 126 Å². The minimum atomic E-state index is -4.53. The van der Waals surface area contributed by atoms with Crippen molar-refractivity contribution in [1.29, 1.82) is 0 Å². The first-order valence-corrected chi connectivity index (χ1v) is 7.48. The van der Waals surface area contributed by atoms with Gasteiger partial charge in [-0.15, -0.1) is 0 Å². The first kappa shape index (κ1) is 15.4. The Morgan fingerprint density at radius 2 is 1.91 bits per heavy atom. The average molecular weight is 312 g/mol. The number of para-hydroxylation sites is 1. The zero-order chi connectivity index (χ0) is 15.7. The first-order valence-electron chi connectivity index (χ1n) is 7.48. The second kappa shape index (κ2) is 5.93. The number of β-amino-alcohol motifs (C(OH)–C–C–N with tert-alkyl or cyclic N) is 1. The van der Waals surface area contributed by atoms with Crippen LogP contribution in [-0.4, -0.2) is 46.9 Å². The highest BCUT2D eigenvalue weighted by Gasteiger charge is 2.39. The number of hydrogen-bond donors (Lipinski definition) is 2. The standard InChI is InChI=1S/C16H19F3N2O/c17-16(18,19)15(22)10-21-7-5-11(6-8-21)13-9-20-14-4-2-1-3-12(13)14/h1-4,9,11,15,20,22H,5-8,10H2/t15-/m1/s1. The molecule has 3 nitrogen and oxygen atoms in total. The monoisotopic (exact) mass is 312 g/mol. The number of H-pyrrole nitrogens is 1. The normalized spacial score (nSPS) is 19.6. The Morgan fingerprint density at radius 1 is 1.23 bits per heavy atom. The molecule has 0 radical (unpaired) electrons. The van der Waals surface area contributed by atoms with Gasteiger partial charge in [0.05, 0.1) is 0 Å². The van der Waals surface area contributed by atoms with Crippen molar-refractivity contribution in [2.45, 2.75) is 31.0 Å². The Morgan fingerprint density at radius 3 is 2.59 bits per heavy atom. The van der Waals surface area contributed by atoms with E-state index < -0.39 is 12.3 Å². The highest BCUT2D eigenvalue weighted by Crippen LogP contribution is 2.33. The van der Waals surface area contributed by atoms with E-state index in [2.05, 4.69) is 11.1 Å². The molecule has 2 N–H and O–H groups in total. The maximum absolute atomic E-state index is 12.4. The lowest BCUT2D eigenvalue weighted by Crippen LogP contribution is -2.43. The van der Waals surface area contributed by atoms with E-state index in [1.54, 1.807) is 4.90 Å². The van der Waals surface area contributed by atoms with Gasteiger partial charge in [-0.3, -0.25) is 0 Å². The number of nitrogens with zero attached hydrogens (tertiary/aromatic N) is 1. The summed E-state index contributed by atoms with van der Waals surface area (Å²) in [6.07, 6.45) is -3.15. The van der Waals surface area contributed by atoms with E-state index in [1.807, 2.05) is 24.4 Å². The third-order valence-electron chi connectivity index (χ3n) is 4.46. The summed E-state index contributed by atoms with van der Waals surface area (Å²) in [5.74, 6) is 0.357. The Bertz CT molecular complexity index is 630. The number of hydrogen-bond acceptors (Lipinski definition) is 2. The number of aromatic nitrogens is 1. The molecular weight excluding hydrogens is 293 g/mol. The van der Waals surface area contributed by atoms with E-state index in [1.165, 1.54) is 10.9 Å². The van der Waals surface area contributed by atoms with E-state index in [-0.39, 0.29) is 6.54 Å². The fraction of sp³-hybridized carbons (Fsp3) is 0.500. The largest absolute Gasteiger partial charge is 0.415 e. The lowest BCUT2D eigenvalue weighted by Gasteiger charge is -2.33. The lowest BCUT2D eigenvalue weighted by molar-refractivity contribution is -0.208. The molecule has 1 aliphatic heterocycles. The molecule has 1 aromatic carbocycles. The number of piperidine rings is 1. The summed E-state index contributed by atoms with van der Waals surface area (Å²) >= 11 is 0. The van der Waals surface area contributed by atoms with Gasteiger partial charge in [0.25, 0.3) is 0 Å². The first-order chi connectivity index (χ1) is 10.4. The van der Waals surface area contributed by atoms with Crippen LogP contribution in [0.4, 0.5) is 13.2 Å². The quantitative estimate of drug-likeness (QED) is 0.913. The number of rotatable bonds is 3. The van der Waals surface area contributed by atoms with Gasteiger partial charge in [0.2, 0.25) is 0 Å². The summed E-state index contributed by atoms with van der Waals surface area (Å²) < 4.78 is 37.2. The van der Waals surface area contributed by atoms with Crippen LogP contribution in [0.1, 0.15) is 24.3 Å². The maximum atomic E-state index is 12.4. The summed E-state index contributed by atoms with van der Waals surface area (Å²) in [5.41, 5.74) is 2.33. The maximum Gasteiger partial charge on any atom is 0.415 e. The summed E-state index contributed by atoms with van der Waals surface area (Å²) in [5, 5.41) is 10.3. The number of alkyl halides is 3. The van der Waals surface area contributed by atoms with Crippen molar-refractivity contribution in [2.24, 2.45) is 0 Å². The predicted octanol–water partition coefficient (Wildman–Crippen LogP) is 3.27. The molecule has 1 saturated heterocycles. The van der Waals surface area contributed by atoms with Crippen molar-refractivity contribution < 1.29 is 18.3 Å². The van der Waals surface area contributed by atoms with Gasteiger partial charge in [-0.25, -0.2) is 0 Å². The number of aromatic amines is 1. The predicted molar refractivity (Wildman–Crippen MR) is 78.8 cm³/mol. The van der Waals surface area contributed by atoms with Crippen LogP contribution in [0, 0.1) is 0 Å². The summed E-state index contributed by atoms with van der Waals surface area (Å²) in [6, 6.07) is 8.06. The van der Waals surface area contributed by atoms with Crippen molar-refractivity contribution in [3.8, 4) is 0 Å². The van der Waals surface area contributed by atoms with Gasteiger partial charge in [0.1, 0.15) is 0 Å². The molecular formula is C16H19F3N2O. The fourth-order valence-corrected chi connectivity index (χ4v) is 3.21. The van der Waals surface area contributed by atoms with Crippen molar-refractivity contribution in [2.75, 3.05) is 19.6 Å². The molecule has 1 fully saturated rings. The number of halogens is 3. The van der Waals surface area contributed by atoms with Crippen LogP contribution in [0.15, 0.2) is 30.5 Å². The van der Waals surface area contributed by atoms with E-state index in [0.29, 0.717) is 19.0 Å². The van der Waals surface area contributed by atoms with Crippen LogP contribution in [0.2, 0.25) is 0 Å². The molecule has 22 heavy (non-hydrogen) atoms. The van der Waals surface area contributed by atoms with Crippen molar-refractivity contribution in [3.05, 3.63) is 36.0 Å². The van der Waals surface area contributed by atoms with Gasteiger partial charge < -0.3 is 15.0 Å². The van der Waals surface area contributed by atoms with Crippen LogP contribution < -0.4 is 0 Å². The zero-order valence-corrected chi connectivity index (χ0v) is 12.1. The molecule has 0 saturated carbocycles. The van der Waals surface area contributed by atoms with Crippen LogP contribution in [0.3, 0.4) is 0 Å². The van der Waals surface area contributed by atoms with Gasteiger partial charge in [-0.05, 0) is 43.5 Å². The van der Waals surface area contributed by atoms with E-state index in [4.69, 9.17) is 5.11 Å². The van der Waals surface area contributed by atoms with Crippen molar-refractivity contribution in [3.63, 3.8) is 0 Å². The third-order valence-corrected chi connectivity index (χ3v) is 4.46. The lowest BCUT2D eigenvalue weighted by atomic mass is 9.89. The van der Waals surface area contributed by atoms with Gasteiger partial charge in [-0.1, -0.05) is 18.2 Å². The molecule has 0 aliphatic carbocycles. The summed E-state index contributed by atoms with van der Waals surface area (Å²) in [6.45, 7) is 0.832. The highest BCUT2D eigenvalue weighted by atomic mass is 19.4. The second-order valence-electron chi connectivity index (χ2n) is 5.92.